The number of amidine groups is 1. The number of nitrogens with one attached hydrogen (secondary N) is 2. The number of halogens is 5. The summed E-state index contributed by atoms with van der Waals surface area (Å²) in [7, 11) is 0. The van der Waals surface area contributed by atoms with Gasteiger partial charge in [0.25, 0.3) is 6.43 Å². The van der Waals surface area contributed by atoms with Crippen molar-refractivity contribution in [2.45, 2.75) is 64.0 Å². The van der Waals surface area contributed by atoms with Crippen LogP contribution in [0.25, 0.3) is 0 Å². The molecule has 0 saturated heterocycles. The van der Waals surface area contributed by atoms with Crippen molar-refractivity contribution in [3.05, 3.63) is 0 Å². The highest BCUT2D eigenvalue weighted by Gasteiger charge is 2.50. The average molecular weight is 391 g/mol. The SMILES string of the molecule is C[C@H](C1CC1)C1(N)N=C(C#CC2(C(F)F)CC2)NC(=N[C@H](C)C(F)(F)F)N1. The number of nitrogens with two attached hydrogens (primary N) is 1. The molecule has 0 aromatic rings. The first-order valence-corrected chi connectivity index (χ1v) is 8.85. The second-order valence-electron chi connectivity index (χ2n) is 7.56. The van der Waals surface area contributed by atoms with Crippen molar-refractivity contribution in [3.8, 4) is 11.8 Å². The van der Waals surface area contributed by atoms with Crippen LogP contribution >= 0.6 is 0 Å². The molecule has 150 valence electrons. The van der Waals surface area contributed by atoms with E-state index in [0.717, 1.165) is 19.8 Å². The molecule has 0 radical (unpaired) electrons. The van der Waals surface area contributed by atoms with E-state index in [0.29, 0.717) is 0 Å². The third kappa shape index (κ3) is 4.34. The van der Waals surface area contributed by atoms with Crippen molar-refractivity contribution in [3.63, 3.8) is 0 Å². The summed E-state index contributed by atoms with van der Waals surface area (Å²) in [6, 6.07) is -1.98. The lowest BCUT2D eigenvalue weighted by Crippen LogP contribution is -2.66. The van der Waals surface area contributed by atoms with Gasteiger partial charge in [-0.25, -0.2) is 18.8 Å². The molecule has 2 saturated carbocycles. The summed E-state index contributed by atoms with van der Waals surface area (Å²) in [6.07, 6.45) is -4.65. The van der Waals surface area contributed by atoms with Crippen LogP contribution in [0.2, 0.25) is 0 Å². The van der Waals surface area contributed by atoms with Crippen molar-refractivity contribution in [2.24, 2.45) is 33.0 Å². The smallest absolute Gasteiger partial charge is 0.319 e. The van der Waals surface area contributed by atoms with Crippen LogP contribution in [0, 0.1) is 29.1 Å². The Balaban J connectivity index is 1.90. The second kappa shape index (κ2) is 6.62. The van der Waals surface area contributed by atoms with Crippen LogP contribution in [-0.4, -0.2) is 36.2 Å². The maximum Gasteiger partial charge on any atom is 0.410 e. The number of alkyl halides is 5. The Morgan fingerprint density at radius 2 is 1.89 bits per heavy atom. The van der Waals surface area contributed by atoms with Crippen molar-refractivity contribution in [1.29, 1.82) is 0 Å². The molecular formula is C17H22F5N5. The standard InChI is InChI=1S/C17H22F5N5/c1-9(11-3-4-11)17(23)26-12(5-6-15(7-8-15)13(18)19)25-14(27-17)24-10(2)16(20,21)22/h9-11,13H,3-4,7-8,23H2,1-2H3,(H2,24,25,26,27)/t9-,10-,17?/m1/s1. The van der Waals surface area contributed by atoms with E-state index < -0.39 is 29.8 Å². The molecule has 0 spiro atoms. The predicted octanol–water partition coefficient (Wildman–Crippen LogP) is 2.59. The van der Waals surface area contributed by atoms with Gasteiger partial charge in [0.15, 0.2) is 11.6 Å². The number of nitrogens with zero attached hydrogens (tertiary/aromatic N) is 2. The Labute approximate surface area is 154 Å². The van der Waals surface area contributed by atoms with Gasteiger partial charge in [0.1, 0.15) is 6.04 Å². The molecule has 1 unspecified atom stereocenters. The molecule has 0 aromatic heterocycles. The summed E-state index contributed by atoms with van der Waals surface area (Å²) in [6.45, 7) is 2.75. The molecule has 1 heterocycles. The van der Waals surface area contributed by atoms with E-state index in [1.54, 1.807) is 0 Å². The van der Waals surface area contributed by atoms with Crippen molar-refractivity contribution in [2.75, 3.05) is 0 Å². The summed E-state index contributed by atoms with van der Waals surface area (Å²) in [5.41, 5.74) is 4.95. The summed E-state index contributed by atoms with van der Waals surface area (Å²) in [4.78, 5) is 7.88. The fraction of sp³-hybridized carbons (Fsp3) is 0.765. The van der Waals surface area contributed by atoms with Crippen molar-refractivity contribution in [1.82, 2.24) is 10.6 Å². The van der Waals surface area contributed by atoms with Crippen LogP contribution < -0.4 is 16.4 Å². The minimum atomic E-state index is -4.52. The topological polar surface area (TPSA) is 74.8 Å². The van der Waals surface area contributed by atoms with Crippen LogP contribution in [-0.2, 0) is 0 Å². The minimum absolute atomic E-state index is 0.0520. The minimum Gasteiger partial charge on any atom is -0.319 e. The largest absolute Gasteiger partial charge is 0.410 e. The lowest BCUT2D eigenvalue weighted by Gasteiger charge is -2.37. The van der Waals surface area contributed by atoms with Crippen molar-refractivity contribution >= 4 is 11.8 Å². The molecule has 3 atom stereocenters. The van der Waals surface area contributed by atoms with Gasteiger partial charge in [-0.3, -0.25) is 5.73 Å². The molecule has 0 bridgehead atoms. The fourth-order valence-corrected chi connectivity index (χ4v) is 2.85. The quantitative estimate of drug-likeness (QED) is 0.509. The molecule has 1 aliphatic heterocycles. The predicted molar refractivity (Wildman–Crippen MR) is 90.9 cm³/mol. The number of rotatable bonds is 4. The molecule has 10 heteroatoms. The summed E-state index contributed by atoms with van der Waals surface area (Å²) in [5, 5.41) is 5.29. The van der Waals surface area contributed by atoms with E-state index in [1.807, 2.05) is 6.92 Å². The summed E-state index contributed by atoms with van der Waals surface area (Å²) >= 11 is 0. The monoisotopic (exact) mass is 391 g/mol. The second-order valence-corrected chi connectivity index (χ2v) is 7.56. The van der Waals surface area contributed by atoms with Gasteiger partial charge in [0.05, 0.1) is 5.41 Å². The number of hydrogen-bond acceptors (Lipinski definition) is 3. The Morgan fingerprint density at radius 1 is 1.26 bits per heavy atom. The lowest BCUT2D eigenvalue weighted by atomic mass is 9.97. The Bertz CT molecular complexity index is 711. The highest BCUT2D eigenvalue weighted by atomic mass is 19.4. The van der Waals surface area contributed by atoms with Crippen LogP contribution in [0.3, 0.4) is 0 Å². The molecule has 3 aliphatic rings. The first-order chi connectivity index (χ1) is 12.5. The zero-order valence-electron chi connectivity index (χ0n) is 15.0. The first-order valence-electron chi connectivity index (χ1n) is 8.85. The van der Waals surface area contributed by atoms with Crippen LogP contribution in [0.5, 0.6) is 0 Å². The van der Waals surface area contributed by atoms with E-state index in [4.69, 9.17) is 5.73 Å². The van der Waals surface area contributed by atoms with E-state index in [1.165, 1.54) is 0 Å². The Hall–Kier alpha value is -1.89. The van der Waals surface area contributed by atoms with E-state index in [-0.39, 0.29) is 36.5 Å². The highest BCUT2D eigenvalue weighted by molar-refractivity contribution is 6.10. The zero-order valence-corrected chi connectivity index (χ0v) is 15.0. The number of aliphatic imine (C=N–C) groups is 2. The van der Waals surface area contributed by atoms with Crippen LogP contribution in [0.15, 0.2) is 9.98 Å². The normalized spacial score (nSPS) is 30.6. The molecule has 0 amide bonds. The number of guanidine groups is 1. The maximum absolute atomic E-state index is 13.1. The van der Waals surface area contributed by atoms with E-state index in [2.05, 4.69) is 32.5 Å². The average Bonchev–Trinajstić information content (AvgIpc) is 3.45. The van der Waals surface area contributed by atoms with Gasteiger partial charge < -0.3 is 10.6 Å². The molecule has 4 N–H and O–H groups in total. The Kier molecular flexibility index (Phi) is 4.87. The van der Waals surface area contributed by atoms with Crippen LogP contribution in [0.1, 0.15) is 39.5 Å². The van der Waals surface area contributed by atoms with E-state index >= 15 is 0 Å². The van der Waals surface area contributed by atoms with Gasteiger partial charge in [-0.15, -0.1) is 0 Å². The maximum atomic E-state index is 13.1. The fourth-order valence-electron chi connectivity index (χ4n) is 2.85. The van der Waals surface area contributed by atoms with Crippen LogP contribution in [0.4, 0.5) is 22.0 Å². The van der Waals surface area contributed by atoms with Gasteiger partial charge in [0, 0.05) is 5.92 Å². The number of hydrogen-bond donors (Lipinski definition) is 3. The van der Waals surface area contributed by atoms with Crippen molar-refractivity contribution < 1.29 is 22.0 Å². The van der Waals surface area contributed by atoms with Gasteiger partial charge in [-0.2, -0.15) is 13.2 Å². The third-order valence-electron chi connectivity index (χ3n) is 5.31. The lowest BCUT2D eigenvalue weighted by molar-refractivity contribution is -0.142. The summed E-state index contributed by atoms with van der Waals surface area (Å²) < 4.78 is 64.7. The van der Waals surface area contributed by atoms with Gasteiger partial charge >= 0.3 is 6.18 Å². The first kappa shape index (κ1) is 19.9. The third-order valence-corrected chi connectivity index (χ3v) is 5.31. The Morgan fingerprint density at radius 3 is 2.37 bits per heavy atom. The van der Waals surface area contributed by atoms with Gasteiger partial charge in [0.2, 0.25) is 5.96 Å². The van der Waals surface area contributed by atoms with E-state index in [9.17, 15) is 22.0 Å². The molecule has 2 aliphatic carbocycles. The van der Waals surface area contributed by atoms with Gasteiger partial charge in [-0.1, -0.05) is 12.8 Å². The summed E-state index contributed by atoms with van der Waals surface area (Å²) in [5.74, 6) is 3.49. The molecule has 5 nitrogen and oxygen atoms in total. The highest BCUT2D eigenvalue weighted by Crippen LogP contribution is 2.50. The molecule has 0 aromatic carbocycles. The van der Waals surface area contributed by atoms with Gasteiger partial charge in [-0.05, 0) is 44.4 Å². The molecular weight excluding hydrogens is 369 g/mol. The molecule has 3 rings (SSSR count). The molecule has 2 fully saturated rings. The molecule has 27 heavy (non-hydrogen) atoms. The zero-order chi connectivity index (χ0) is 20.0.